The van der Waals surface area contributed by atoms with Crippen LogP contribution in [0.15, 0.2) is 42.5 Å². The SMILES string of the molecule is CC(=O)N[C@H]1[C@@H](OCc2ccc3ccccc3c2)O[C@@H](COC(C)=O)[C@@H](OC(C)=O)[C@@H]1OC(C)=O. The van der Waals surface area contributed by atoms with Gasteiger partial charge in [-0.2, -0.15) is 0 Å². The van der Waals surface area contributed by atoms with Crippen LogP contribution < -0.4 is 5.32 Å². The molecule has 1 fully saturated rings. The van der Waals surface area contributed by atoms with Gasteiger partial charge in [-0.1, -0.05) is 36.4 Å². The summed E-state index contributed by atoms with van der Waals surface area (Å²) in [5, 5.41) is 4.77. The van der Waals surface area contributed by atoms with Gasteiger partial charge in [0.1, 0.15) is 18.8 Å². The average Bonchev–Trinajstić information content (AvgIpc) is 2.78. The molecular weight excluding hydrogens is 458 g/mol. The van der Waals surface area contributed by atoms with Gasteiger partial charge in [0.15, 0.2) is 18.5 Å². The van der Waals surface area contributed by atoms with Crippen molar-refractivity contribution < 1.29 is 42.9 Å². The van der Waals surface area contributed by atoms with Crippen molar-refractivity contribution in [3.05, 3.63) is 48.0 Å². The molecule has 2 aromatic rings. The Kier molecular flexibility index (Phi) is 8.78. The minimum Gasteiger partial charge on any atom is -0.463 e. The summed E-state index contributed by atoms with van der Waals surface area (Å²) in [6.07, 6.45) is -4.44. The van der Waals surface area contributed by atoms with Crippen LogP contribution in [0, 0.1) is 0 Å². The molecule has 0 radical (unpaired) electrons. The lowest BCUT2D eigenvalue weighted by atomic mass is 9.96. The number of rotatable bonds is 8. The van der Waals surface area contributed by atoms with Gasteiger partial charge in [-0.05, 0) is 22.4 Å². The molecular formula is C25H29NO9. The van der Waals surface area contributed by atoms with Gasteiger partial charge in [0.05, 0.1) is 6.61 Å². The van der Waals surface area contributed by atoms with Crippen LogP contribution in [-0.2, 0) is 49.5 Å². The Morgan fingerprint density at radius 1 is 0.857 bits per heavy atom. The number of carbonyl (C=O) groups is 4. The first kappa shape index (κ1) is 26.1. The molecule has 2 aromatic carbocycles. The van der Waals surface area contributed by atoms with Crippen LogP contribution in [0.2, 0.25) is 0 Å². The highest BCUT2D eigenvalue weighted by molar-refractivity contribution is 5.83. The van der Waals surface area contributed by atoms with Crippen LogP contribution in [0.3, 0.4) is 0 Å². The van der Waals surface area contributed by atoms with E-state index in [0.29, 0.717) is 0 Å². The van der Waals surface area contributed by atoms with E-state index in [1.54, 1.807) is 0 Å². The fourth-order valence-corrected chi connectivity index (χ4v) is 3.94. The number of nitrogens with one attached hydrogen (secondary N) is 1. The second-order valence-electron chi connectivity index (χ2n) is 8.21. The molecule has 0 spiro atoms. The molecule has 1 heterocycles. The highest BCUT2D eigenvalue weighted by Crippen LogP contribution is 2.29. The molecule has 0 bridgehead atoms. The summed E-state index contributed by atoms with van der Waals surface area (Å²) in [5.74, 6) is -2.34. The molecule has 3 rings (SSSR count). The van der Waals surface area contributed by atoms with Crippen molar-refractivity contribution in [2.45, 2.75) is 64.9 Å². The smallest absolute Gasteiger partial charge is 0.303 e. The predicted molar refractivity (Wildman–Crippen MR) is 123 cm³/mol. The van der Waals surface area contributed by atoms with E-state index in [4.69, 9.17) is 23.7 Å². The molecule has 10 nitrogen and oxygen atoms in total. The van der Waals surface area contributed by atoms with Crippen molar-refractivity contribution >= 4 is 34.6 Å². The average molecular weight is 488 g/mol. The minimum absolute atomic E-state index is 0.108. The van der Waals surface area contributed by atoms with Crippen LogP contribution in [0.1, 0.15) is 33.3 Å². The number of hydrogen-bond acceptors (Lipinski definition) is 9. The second kappa shape index (κ2) is 11.8. The Morgan fingerprint density at radius 2 is 1.51 bits per heavy atom. The zero-order valence-electron chi connectivity index (χ0n) is 20.0. The topological polar surface area (TPSA) is 126 Å². The molecule has 1 aliphatic heterocycles. The van der Waals surface area contributed by atoms with Gasteiger partial charge in [0.2, 0.25) is 5.91 Å². The summed E-state index contributed by atoms with van der Waals surface area (Å²) in [4.78, 5) is 47.1. The first-order chi connectivity index (χ1) is 16.6. The third-order valence-electron chi connectivity index (χ3n) is 5.30. The number of carbonyl (C=O) groups excluding carboxylic acids is 4. The van der Waals surface area contributed by atoms with Crippen LogP contribution in [0.25, 0.3) is 10.8 Å². The molecule has 5 atom stereocenters. The fourth-order valence-electron chi connectivity index (χ4n) is 3.94. The lowest BCUT2D eigenvalue weighted by molar-refractivity contribution is -0.280. The third kappa shape index (κ3) is 7.24. The van der Waals surface area contributed by atoms with Crippen LogP contribution in [0.4, 0.5) is 0 Å². The standard InChI is InChI=1S/C25H29NO9/c1-14(27)26-22-24(34-17(4)30)23(33-16(3)29)21(13-31-15(2)28)35-25(22)32-12-18-9-10-19-7-5-6-8-20(19)11-18/h5-11,21-25H,12-13H2,1-4H3,(H,26,27)/t21-,22+,23+,24+,25-/m0/s1. The number of ether oxygens (including phenoxy) is 5. The van der Waals surface area contributed by atoms with Crippen molar-refractivity contribution in [1.29, 1.82) is 0 Å². The maximum absolute atomic E-state index is 12.0. The van der Waals surface area contributed by atoms with Gasteiger partial charge in [-0.15, -0.1) is 0 Å². The van der Waals surface area contributed by atoms with E-state index < -0.39 is 54.5 Å². The summed E-state index contributed by atoms with van der Waals surface area (Å²) < 4.78 is 28.0. The van der Waals surface area contributed by atoms with Gasteiger partial charge in [0.25, 0.3) is 0 Å². The van der Waals surface area contributed by atoms with Crippen molar-refractivity contribution in [1.82, 2.24) is 5.32 Å². The van der Waals surface area contributed by atoms with Crippen molar-refractivity contribution in [2.24, 2.45) is 0 Å². The van der Waals surface area contributed by atoms with Crippen molar-refractivity contribution in [2.75, 3.05) is 6.61 Å². The molecule has 35 heavy (non-hydrogen) atoms. The van der Waals surface area contributed by atoms with Crippen LogP contribution in [-0.4, -0.2) is 61.1 Å². The molecule has 188 valence electrons. The minimum atomic E-state index is -1.16. The predicted octanol–water partition coefficient (Wildman–Crippen LogP) is 2.01. The van der Waals surface area contributed by atoms with Gasteiger partial charge in [-0.3, -0.25) is 19.2 Å². The van der Waals surface area contributed by atoms with E-state index in [1.807, 2.05) is 42.5 Å². The lowest BCUT2D eigenvalue weighted by Gasteiger charge is -2.44. The first-order valence-electron chi connectivity index (χ1n) is 11.1. The Bertz CT molecular complexity index is 1090. The number of esters is 3. The van der Waals surface area contributed by atoms with Gasteiger partial charge < -0.3 is 29.0 Å². The second-order valence-corrected chi connectivity index (χ2v) is 8.21. The molecule has 0 saturated carbocycles. The van der Waals surface area contributed by atoms with Crippen molar-refractivity contribution in [3.8, 4) is 0 Å². The van der Waals surface area contributed by atoms with E-state index in [9.17, 15) is 19.2 Å². The number of amides is 1. The fraction of sp³-hybridized carbons (Fsp3) is 0.440. The van der Waals surface area contributed by atoms with E-state index >= 15 is 0 Å². The Morgan fingerprint density at radius 3 is 2.14 bits per heavy atom. The number of benzene rings is 2. The molecule has 1 N–H and O–H groups in total. The zero-order chi connectivity index (χ0) is 25.5. The maximum atomic E-state index is 12.0. The van der Waals surface area contributed by atoms with E-state index in [2.05, 4.69) is 5.32 Å². The Labute approximate surface area is 202 Å². The van der Waals surface area contributed by atoms with E-state index in [1.165, 1.54) is 27.7 Å². The van der Waals surface area contributed by atoms with E-state index in [-0.39, 0.29) is 13.2 Å². The molecule has 1 saturated heterocycles. The van der Waals surface area contributed by atoms with Crippen LogP contribution in [0.5, 0.6) is 0 Å². The molecule has 0 aliphatic carbocycles. The summed E-state index contributed by atoms with van der Waals surface area (Å²) in [7, 11) is 0. The Hall–Kier alpha value is -3.50. The summed E-state index contributed by atoms with van der Waals surface area (Å²) >= 11 is 0. The van der Waals surface area contributed by atoms with Gasteiger partial charge in [-0.25, -0.2) is 0 Å². The summed E-state index contributed by atoms with van der Waals surface area (Å²) in [5.41, 5.74) is 0.844. The normalized spacial score (nSPS) is 23.8. The molecule has 1 aliphatic rings. The lowest BCUT2D eigenvalue weighted by Crippen LogP contribution is -2.66. The molecule has 1 amide bonds. The van der Waals surface area contributed by atoms with Crippen LogP contribution >= 0.6 is 0 Å². The van der Waals surface area contributed by atoms with E-state index in [0.717, 1.165) is 16.3 Å². The zero-order valence-corrected chi connectivity index (χ0v) is 20.0. The summed E-state index contributed by atoms with van der Waals surface area (Å²) in [6, 6.07) is 12.7. The quantitative estimate of drug-likeness (QED) is 0.439. The van der Waals surface area contributed by atoms with Crippen molar-refractivity contribution in [3.63, 3.8) is 0 Å². The highest BCUT2D eigenvalue weighted by atomic mass is 16.7. The summed E-state index contributed by atoms with van der Waals surface area (Å²) in [6.45, 7) is 4.71. The number of fused-ring (bicyclic) bond motifs is 1. The molecule has 0 unspecified atom stereocenters. The third-order valence-corrected chi connectivity index (χ3v) is 5.30. The monoisotopic (exact) mass is 487 g/mol. The largest absolute Gasteiger partial charge is 0.463 e. The molecule has 0 aromatic heterocycles. The molecule has 10 heteroatoms. The maximum Gasteiger partial charge on any atom is 0.303 e. The highest BCUT2D eigenvalue weighted by Gasteiger charge is 2.51. The first-order valence-corrected chi connectivity index (χ1v) is 11.1. The van der Waals surface area contributed by atoms with Gasteiger partial charge >= 0.3 is 17.9 Å². The number of hydrogen-bond donors (Lipinski definition) is 1. The Balaban J connectivity index is 1.90. The van der Waals surface area contributed by atoms with Gasteiger partial charge in [0, 0.05) is 27.7 Å².